The minimum atomic E-state index is -2.17. The average Bonchev–Trinajstić information content (AvgIpc) is 3.33. The van der Waals surface area contributed by atoms with Gasteiger partial charge in [-0.15, -0.1) is 0 Å². The zero-order valence-electron chi connectivity index (χ0n) is 34.5. The third-order valence-electron chi connectivity index (χ3n) is 10.7. The summed E-state index contributed by atoms with van der Waals surface area (Å²) >= 11 is 0. The van der Waals surface area contributed by atoms with Gasteiger partial charge in [0.05, 0.1) is 7.11 Å². The van der Waals surface area contributed by atoms with E-state index in [9.17, 15) is 5.11 Å². The molecule has 1 atom stereocenters. The predicted molar refractivity (Wildman–Crippen MR) is 257 cm³/mol. The molecule has 0 heterocycles. The quantitative estimate of drug-likeness (QED) is 0.102. The van der Waals surface area contributed by atoms with Crippen molar-refractivity contribution in [3.63, 3.8) is 0 Å². The number of ether oxygens (including phenoxy) is 1. The molecule has 0 spiro atoms. The van der Waals surface area contributed by atoms with Crippen LogP contribution in [0.3, 0.4) is 0 Å². The van der Waals surface area contributed by atoms with Gasteiger partial charge in [-0.2, -0.15) is 0 Å². The van der Waals surface area contributed by atoms with Crippen LogP contribution >= 0.6 is 17.2 Å². The largest absolute Gasteiger partial charge is 0.530 e. The number of aliphatic hydroxyl groups excluding tert-OH is 1. The summed E-state index contributed by atoms with van der Waals surface area (Å²) in [6.07, 6.45) is -1.26. The van der Waals surface area contributed by atoms with Gasteiger partial charge in [0.25, 0.3) is 0 Å². The number of hydrogen-bond donors (Lipinski definition) is 1. The Morgan fingerprint density at radius 2 is 0.641 bits per heavy atom. The maximum Gasteiger partial charge on any atom is 0.530 e. The molecule has 10 heteroatoms. The third-order valence-corrected chi connectivity index (χ3v) is 12.8. The van der Waals surface area contributed by atoms with Gasteiger partial charge in [0, 0.05) is 17.2 Å². The highest BCUT2D eigenvalue weighted by Gasteiger charge is 2.29. The van der Waals surface area contributed by atoms with E-state index in [-0.39, 0.29) is 5.75 Å². The summed E-state index contributed by atoms with van der Waals surface area (Å²) in [4.78, 5) is 0. The SMILES string of the molecule is COc1ccc(C(O)c2ccccc2OP(Oc2ccc3ccccc3c2)Oc2ccc3ccccc3c2)c(OP(Oc2ccc3ccccc3c2)Oc2ccc3ccccc3c2)c1. The second-order valence-electron chi connectivity index (χ2n) is 14.9. The molecule has 0 aliphatic heterocycles. The summed E-state index contributed by atoms with van der Waals surface area (Å²) in [5.41, 5.74) is 0.869. The van der Waals surface area contributed by atoms with Crippen molar-refractivity contribution >= 4 is 60.3 Å². The van der Waals surface area contributed by atoms with E-state index in [1.54, 1.807) is 37.4 Å². The number of fused-ring (bicyclic) bond motifs is 4. The molecule has 0 aromatic heterocycles. The minimum Gasteiger partial charge on any atom is -0.497 e. The summed E-state index contributed by atoms with van der Waals surface area (Å²) in [5.74, 6) is 3.41. The number of rotatable bonds is 15. The van der Waals surface area contributed by atoms with Gasteiger partial charge < -0.3 is 37.0 Å². The summed E-state index contributed by atoms with van der Waals surface area (Å²) in [5, 5.41) is 20.8. The van der Waals surface area contributed by atoms with E-state index in [4.69, 9.17) is 31.9 Å². The first-order valence-electron chi connectivity index (χ1n) is 20.6. The van der Waals surface area contributed by atoms with Crippen molar-refractivity contribution in [3.8, 4) is 40.2 Å². The molecule has 0 saturated carbocycles. The van der Waals surface area contributed by atoms with E-state index < -0.39 is 23.3 Å². The Morgan fingerprint density at radius 1 is 0.312 bits per heavy atom. The van der Waals surface area contributed by atoms with Gasteiger partial charge in [-0.1, -0.05) is 140 Å². The lowest BCUT2D eigenvalue weighted by atomic mass is 10.00. The molecule has 0 radical (unpaired) electrons. The second kappa shape index (κ2) is 18.6. The minimum absolute atomic E-state index is 0.288. The zero-order valence-corrected chi connectivity index (χ0v) is 36.3. The number of benzene rings is 10. The molecule has 0 bridgehead atoms. The molecular weight excluding hydrogens is 839 g/mol. The first kappa shape index (κ1) is 40.7. The van der Waals surface area contributed by atoms with Crippen LogP contribution in [0.5, 0.6) is 40.2 Å². The molecule has 0 amide bonds. The number of para-hydroxylation sites is 1. The lowest BCUT2D eigenvalue weighted by Crippen LogP contribution is -2.09. The molecule has 8 nitrogen and oxygen atoms in total. The van der Waals surface area contributed by atoms with E-state index >= 15 is 0 Å². The smallest absolute Gasteiger partial charge is 0.497 e. The van der Waals surface area contributed by atoms with Crippen LogP contribution in [-0.2, 0) is 0 Å². The Morgan fingerprint density at radius 3 is 1.05 bits per heavy atom. The Bertz CT molecular complexity index is 3090. The highest BCUT2D eigenvalue weighted by molar-refractivity contribution is 7.43. The maximum atomic E-state index is 12.4. The summed E-state index contributed by atoms with van der Waals surface area (Å²) in [7, 11) is -2.71. The van der Waals surface area contributed by atoms with Crippen LogP contribution in [0.1, 0.15) is 17.2 Å². The van der Waals surface area contributed by atoms with Crippen LogP contribution in [-0.4, -0.2) is 12.2 Å². The van der Waals surface area contributed by atoms with Gasteiger partial charge in [-0.05, 0) is 110 Å². The fourth-order valence-corrected chi connectivity index (χ4v) is 9.43. The van der Waals surface area contributed by atoms with Crippen molar-refractivity contribution in [1.29, 1.82) is 0 Å². The van der Waals surface area contributed by atoms with Crippen LogP contribution in [0.2, 0.25) is 0 Å². The summed E-state index contributed by atoms with van der Waals surface area (Å²) in [6, 6.07) is 68.1. The zero-order chi connectivity index (χ0) is 43.2. The van der Waals surface area contributed by atoms with Crippen molar-refractivity contribution < 1.29 is 37.0 Å². The fraction of sp³-hybridized carbons (Fsp3) is 0.0370. The molecule has 10 aromatic rings. The van der Waals surface area contributed by atoms with Gasteiger partial charge in [-0.25, -0.2) is 0 Å². The molecule has 10 rings (SSSR count). The third kappa shape index (κ3) is 9.22. The molecule has 1 N–H and O–H groups in total. The van der Waals surface area contributed by atoms with Crippen molar-refractivity contribution in [3.05, 3.63) is 223 Å². The van der Waals surface area contributed by atoms with Gasteiger partial charge in [-0.3, -0.25) is 0 Å². The molecule has 0 fully saturated rings. The molecule has 314 valence electrons. The van der Waals surface area contributed by atoms with Crippen LogP contribution in [0.25, 0.3) is 43.1 Å². The first-order chi connectivity index (χ1) is 31.5. The van der Waals surface area contributed by atoms with Gasteiger partial charge in [0.2, 0.25) is 0 Å². The molecule has 64 heavy (non-hydrogen) atoms. The first-order valence-corrected chi connectivity index (χ1v) is 22.8. The molecule has 0 aliphatic rings. The predicted octanol–water partition coefficient (Wildman–Crippen LogP) is 14.9. The Kier molecular flexibility index (Phi) is 11.8. The van der Waals surface area contributed by atoms with E-state index in [1.807, 2.05) is 182 Å². The van der Waals surface area contributed by atoms with E-state index in [1.165, 1.54) is 0 Å². The number of methoxy groups -OCH3 is 1. The Hall–Kier alpha value is -7.34. The molecule has 0 aliphatic carbocycles. The lowest BCUT2D eigenvalue weighted by Gasteiger charge is -2.24. The average molecular weight is 879 g/mol. The van der Waals surface area contributed by atoms with Crippen LogP contribution in [0.4, 0.5) is 0 Å². The van der Waals surface area contributed by atoms with Gasteiger partial charge in [0.1, 0.15) is 46.4 Å². The van der Waals surface area contributed by atoms with Crippen molar-refractivity contribution in [2.75, 3.05) is 7.11 Å². The monoisotopic (exact) mass is 878 g/mol. The normalized spacial score (nSPS) is 11.8. The van der Waals surface area contributed by atoms with Crippen LogP contribution in [0.15, 0.2) is 212 Å². The molecule has 10 aromatic carbocycles. The fourth-order valence-electron chi connectivity index (χ4n) is 7.42. The second-order valence-corrected chi connectivity index (χ2v) is 16.9. The topological polar surface area (TPSA) is 84.8 Å². The highest BCUT2D eigenvalue weighted by Crippen LogP contribution is 2.49. The van der Waals surface area contributed by atoms with Crippen LogP contribution < -0.4 is 31.9 Å². The Labute approximate surface area is 372 Å². The van der Waals surface area contributed by atoms with E-state index in [0.29, 0.717) is 45.6 Å². The van der Waals surface area contributed by atoms with Crippen molar-refractivity contribution in [2.24, 2.45) is 0 Å². The van der Waals surface area contributed by atoms with E-state index in [0.717, 1.165) is 43.1 Å². The van der Waals surface area contributed by atoms with Gasteiger partial charge >= 0.3 is 17.2 Å². The number of aliphatic hydroxyl groups is 1. The standard InChI is InChI=1S/C54H40O8P2/c1-56-45-30-31-51(53(36-45)62-64(59-48-28-24-39-14-4-8-18-43(39)34-48)60-49-29-25-40-15-5-9-19-44(40)35-49)54(55)50-20-10-11-21-52(50)61-63(57-46-26-22-37-12-2-6-16-41(37)32-46)58-47-27-23-38-13-3-7-17-42(38)33-47/h2-36,54-55H,1H3. The summed E-state index contributed by atoms with van der Waals surface area (Å²) < 4.78 is 45.2. The highest BCUT2D eigenvalue weighted by atomic mass is 31.2. The maximum absolute atomic E-state index is 12.4. The van der Waals surface area contributed by atoms with Gasteiger partial charge in [0.15, 0.2) is 0 Å². The molecular formula is C54H40O8P2. The summed E-state index contributed by atoms with van der Waals surface area (Å²) in [6.45, 7) is 0. The van der Waals surface area contributed by atoms with E-state index in [2.05, 4.69) is 0 Å². The number of hydrogen-bond acceptors (Lipinski definition) is 8. The lowest BCUT2D eigenvalue weighted by molar-refractivity contribution is 0.213. The van der Waals surface area contributed by atoms with Crippen molar-refractivity contribution in [1.82, 2.24) is 0 Å². The van der Waals surface area contributed by atoms with Crippen molar-refractivity contribution in [2.45, 2.75) is 6.10 Å². The molecule has 1 unspecified atom stereocenters. The Balaban J connectivity index is 0.984. The van der Waals surface area contributed by atoms with Crippen LogP contribution in [0, 0.1) is 0 Å². The molecule has 0 saturated heterocycles.